The Kier molecular flexibility index (Phi) is 4.29. The third-order valence-corrected chi connectivity index (χ3v) is 2.58. The van der Waals surface area contributed by atoms with Crippen LogP contribution in [-0.2, 0) is 11.3 Å². The predicted octanol–water partition coefficient (Wildman–Crippen LogP) is 1.79. The minimum Gasteiger partial charge on any atom is -0.383 e. The van der Waals surface area contributed by atoms with Crippen molar-refractivity contribution in [1.82, 2.24) is 5.32 Å². The van der Waals surface area contributed by atoms with Crippen LogP contribution < -0.4 is 5.32 Å². The minimum absolute atomic E-state index is 0.782. The Labute approximate surface area is 77.6 Å². The Balaban J connectivity index is 2.15. The maximum atomic E-state index is 4.93. The highest BCUT2D eigenvalue weighted by Crippen LogP contribution is 2.14. The summed E-state index contributed by atoms with van der Waals surface area (Å²) < 4.78 is 4.93. The van der Waals surface area contributed by atoms with Crippen LogP contribution in [0.3, 0.4) is 0 Å². The van der Waals surface area contributed by atoms with E-state index in [-0.39, 0.29) is 0 Å². The van der Waals surface area contributed by atoms with Gasteiger partial charge in [0.15, 0.2) is 0 Å². The molecule has 0 atom stereocenters. The Hall–Kier alpha value is -0.380. The van der Waals surface area contributed by atoms with E-state index in [1.54, 1.807) is 7.11 Å². The van der Waals surface area contributed by atoms with Gasteiger partial charge in [-0.1, -0.05) is 0 Å². The smallest absolute Gasteiger partial charge is 0.0587 e. The van der Waals surface area contributed by atoms with Crippen LogP contribution in [0.2, 0.25) is 0 Å². The lowest BCUT2D eigenvalue weighted by molar-refractivity contribution is 0.199. The molecule has 0 amide bonds. The summed E-state index contributed by atoms with van der Waals surface area (Å²) in [5, 5.41) is 3.30. The SMILES string of the molecule is COCCNCc1ccc(C)s1. The second-order valence-electron chi connectivity index (χ2n) is 2.68. The lowest BCUT2D eigenvalue weighted by atomic mass is 10.4. The van der Waals surface area contributed by atoms with E-state index in [4.69, 9.17) is 4.74 Å². The molecule has 3 heteroatoms. The van der Waals surface area contributed by atoms with E-state index in [0.29, 0.717) is 0 Å². The van der Waals surface area contributed by atoms with E-state index < -0.39 is 0 Å². The quantitative estimate of drug-likeness (QED) is 0.706. The molecule has 0 bridgehead atoms. The van der Waals surface area contributed by atoms with Crippen LogP contribution in [0.5, 0.6) is 0 Å². The summed E-state index contributed by atoms with van der Waals surface area (Å²) in [6.07, 6.45) is 0. The van der Waals surface area contributed by atoms with Gasteiger partial charge in [-0.3, -0.25) is 0 Å². The van der Waals surface area contributed by atoms with Crippen molar-refractivity contribution in [2.75, 3.05) is 20.3 Å². The number of hydrogen-bond donors (Lipinski definition) is 1. The molecule has 0 fully saturated rings. The maximum Gasteiger partial charge on any atom is 0.0587 e. The molecular formula is C9H15NOS. The molecule has 1 N–H and O–H groups in total. The van der Waals surface area contributed by atoms with Gasteiger partial charge < -0.3 is 10.1 Å². The molecule has 1 heterocycles. The van der Waals surface area contributed by atoms with Crippen LogP contribution in [0.1, 0.15) is 9.75 Å². The van der Waals surface area contributed by atoms with Gasteiger partial charge in [0.2, 0.25) is 0 Å². The van der Waals surface area contributed by atoms with Crippen LogP contribution in [0, 0.1) is 6.92 Å². The maximum absolute atomic E-state index is 4.93. The Morgan fingerprint density at radius 1 is 1.50 bits per heavy atom. The van der Waals surface area contributed by atoms with Crippen molar-refractivity contribution >= 4 is 11.3 Å². The topological polar surface area (TPSA) is 21.3 Å². The molecule has 0 aliphatic carbocycles. The molecule has 0 aliphatic rings. The largest absolute Gasteiger partial charge is 0.383 e. The highest BCUT2D eigenvalue weighted by atomic mass is 32.1. The first-order valence-corrected chi connectivity index (χ1v) is 4.89. The third kappa shape index (κ3) is 3.34. The van der Waals surface area contributed by atoms with Gasteiger partial charge in [0.05, 0.1) is 6.61 Å². The van der Waals surface area contributed by atoms with Gasteiger partial charge in [-0.2, -0.15) is 0 Å². The summed E-state index contributed by atoms with van der Waals surface area (Å²) in [5.74, 6) is 0. The van der Waals surface area contributed by atoms with Crippen molar-refractivity contribution in [2.24, 2.45) is 0 Å². The van der Waals surface area contributed by atoms with Crippen LogP contribution in [-0.4, -0.2) is 20.3 Å². The van der Waals surface area contributed by atoms with Gasteiger partial charge in [-0.15, -0.1) is 11.3 Å². The number of ether oxygens (including phenoxy) is 1. The second-order valence-corrected chi connectivity index (χ2v) is 4.05. The molecule has 0 radical (unpaired) electrons. The van der Waals surface area contributed by atoms with Crippen molar-refractivity contribution in [3.63, 3.8) is 0 Å². The first kappa shape index (κ1) is 9.71. The zero-order chi connectivity index (χ0) is 8.81. The number of aryl methyl sites for hydroxylation is 1. The van der Waals surface area contributed by atoms with E-state index in [2.05, 4.69) is 24.4 Å². The molecule has 12 heavy (non-hydrogen) atoms. The lowest BCUT2D eigenvalue weighted by Crippen LogP contribution is -2.17. The Morgan fingerprint density at radius 2 is 2.33 bits per heavy atom. The van der Waals surface area contributed by atoms with Crippen molar-refractivity contribution in [2.45, 2.75) is 13.5 Å². The first-order chi connectivity index (χ1) is 5.83. The lowest BCUT2D eigenvalue weighted by Gasteiger charge is -2.00. The molecule has 0 unspecified atom stereocenters. The molecule has 68 valence electrons. The number of rotatable bonds is 5. The predicted molar refractivity (Wildman–Crippen MR) is 52.6 cm³/mol. The fourth-order valence-electron chi connectivity index (χ4n) is 0.966. The van der Waals surface area contributed by atoms with Gasteiger partial charge in [0, 0.05) is 30.0 Å². The molecule has 0 aromatic carbocycles. The number of hydrogen-bond acceptors (Lipinski definition) is 3. The number of methoxy groups -OCH3 is 1. The Bertz CT molecular complexity index is 222. The fourth-order valence-corrected chi connectivity index (χ4v) is 1.83. The number of nitrogens with one attached hydrogen (secondary N) is 1. The number of thiophene rings is 1. The first-order valence-electron chi connectivity index (χ1n) is 4.08. The van der Waals surface area contributed by atoms with Crippen LogP contribution in [0.25, 0.3) is 0 Å². The molecule has 2 nitrogen and oxygen atoms in total. The molecule has 0 saturated heterocycles. The summed E-state index contributed by atoms with van der Waals surface area (Å²) in [6, 6.07) is 4.32. The Morgan fingerprint density at radius 3 is 2.92 bits per heavy atom. The van der Waals surface area contributed by atoms with Crippen LogP contribution >= 0.6 is 11.3 Å². The summed E-state index contributed by atoms with van der Waals surface area (Å²) in [5.41, 5.74) is 0. The van der Waals surface area contributed by atoms with Crippen molar-refractivity contribution in [3.05, 3.63) is 21.9 Å². The molecule has 0 spiro atoms. The normalized spacial score (nSPS) is 10.5. The van der Waals surface area contributed by atoms with Crippen molar-refractivity contribution < 1.29 is 4.74 Å². The third-order valence-electron chi connectivity index (χ3n) is 1.58. The van der Waals surface area contributed by atoms with Crippen molar-refractivity contribution in [3.8, 4) is 0 Å². The average molecular weight is 185 g/mol. The molecule has 1 rings (SSSR count). The average Bonchev–Trinajstić information content (AvgIpc) is 2.45. The second kappa shape index (κ2) is 5.30. The molecule has 1 aromatic heterocycles. The van der Waals surface area contributed by atoms with E-state index in [9.17, 15) is 0 Å². The van der Waals surface area contributed by atoms with Gasteiger partial charge in [0.25, 0.3) is 0 Å². The van der Waals surface area contributed by atoms with Crippen LogP contribution in [0.4, 0.5) is 0 Å². The van der Waals surface area contributed by atoms with Crippen LogP contribution in [0.15, 0.2) is 12.1 Å². The minimum atomic E-state index is 0.782. The van der Waals surface area contributed by atoms with Gasteiger partial charge >= 0.3 is 0 Å². The fraction of sp³-hybridized carbons (Fsp3) is 0.556. The molecule has 0 saturated carbocycles. The van der Waals surface area contributed by atoms with E-state index in [0.717, 1.165) is 19.7 Å². The zero-order valence-corrected chi connectivity index (χ0v) is 8.41. The molecule has 0 aliphatic heterocycles. The zero-order valence-electron chi connectivity index (χ0n) is 7.59. The summed E-state index contributed by atoms with van der Waals surface area (Å²) >= 11 is 1.84. The van der Waals surface area contributed by atoms with Gasteiger partial charge in [0.1, 0.15) is 0 Å². The van der Waals surface area contributed by atoms with Gasteiger partial charge in [-0.25, -0.2) is 0 Å². The monoisotopic (exact) mass is 185 g/mol. The summed E-state index contributed by atoms with van der Waals surface area (Å²) in [6.45, 7) is 4.79. The standard InChI is InChI=1S/C9H15NOS/c1-8-3-4-9(12-8)7-10-5-6-11-2/h3-4,10H,5-7H2,1-2H3. The van der Waals surface area contributed by atoms with Gasteiger partial charge in [-0.05, 0) is 19.1 Å². The molecular weight excluding hydrogens is 170 g/mol. The summed E-state index contributed by atoms with van der Waals surface area (Å²) in [7, 11) is 1.72. The molecule has 1 aromatic rings. The highest BCUT2D eigenvalue weighted by Gasteiger charge is 1.94. The summed E-state index contributed by atoms with van der Waals surface area (Å²) in [4.78, 5) is 2.77. The van der Waals surface area contributed by atoms with E-state index in [1.807, 2.05) is 11.3 Å². The van der Waals surface area contributed by atoms with E-state index >= 15 is 0 Å². The van der Waals surface area contributed by atoms with E-state index in [1.165, 1.54) is 9.75 Å². The highest BCUT2D eigenvalue weighted by molar-refractivity contribution is 7.11. The van der Waals surface area contributed by atoms with Crippen molar-refractivity contribution in [1.29, 1.82) is 0 Å².